The molecule has 2 heterocycles. The van der Waals surface area contributed by atoms with E-state index in [1.165, 1.54) is 17.7 Å². The molecule has 3 rings (SSSR count). The van der Waals surface area contributed by atoms with E-state index in [0.717, 1.165) is 17.1 Å². The molecule has 0 unspecified atom stereocenters. The SMILES string of the molecule is Cc1cc(=O)cc(C(=O)NCc2csc(Cc3ccccc3)n2)[nH]1. The minimum atomic E-state index is -0.312. The van der Waals surface area contributed by atoms with Crippen LogP contribution in [0.2, 0.25) is 0 Å². The highest BCUT2D eigenvalue weighted by Gasteiger charge is 2.09. The van der Waals surface area contributed by atoms with Crippen LogP contribution in [-0.4, -0.2) is 15.9 Å². The zero-order valence-corrected chi connectivity index (χ0v) is 14.0. The highest BCUT2D eigenvalue weighted by Crippen LogP contribution is 2.14. The molecule has 5 nitrogen and oxygen atoms in total. The summed E-state index contributed by atoms with van der Waals surface area (Å²) in [5, 5.41) is 5.73. The molecule has 1 aromatic carbocycles. The normalized spacial score (nSPS) is 10.5. The molecule has 0 aliphatic rings. The number of hydrogen-bond acceptors (Lipinski definition) is 4. The number of H-pyrrole nitrogens is 1. The van der Waals surface area contributed by atoms with Gasteiger partial charge in [-0.05, 0) is 12.5 Å². The summed E-state index contributed by atoms with van der Waals surface area (Å²) in [4.78, 5) is 31.0. The van der Waals surface area contributed by atoms with E-state index in [1.54, 1.807) is 18.3 Å². The minimum Gasteiger partial charge on any atom is -0.354 e. The van der Waals surface area contributed by atoms with Crippen molar-refractivity contribution in [2.75, 3.05) is 0 Å². The zero-order chi connectivity index (χ0) is 16.9. The second-order valence-corrected chi connectivity index (χ2v) is 6.43. The average Bonchev–Trinajstić information content (AvgIpc) is 3.00. The van der Waals surface area contributed by atoms with Crippen molar-refractivity contribution in [3.8, 4) is 0 Å². The summed E-state index contributed by atoms with van der Waals surface area (Å²) in [5.74, 6) is -0.312. The van der Waals surface area contributed by atoms with Gasteiger partial charge in [0.15, 0.2) is 5.43 Å². The first-order valence-electron chi connectivity index (χ1n) is 7.56. The maximum atomic E-state index is 12.1. The van der Waals surface area contributed by atoms with Crippen molar-refractivity contribution in [2.24, 2.45) is 0 Å². The van der Waals surface area contributed by atoms with Gasteiger partial charge in [-0.15, -0.1) is 11.3 Å². The van der Waals surface area contributed by atoms with Crippen LogP contribution in [0.25, 0.3) is 0 Å². The van der Waals surface area contributed by atoms with Crippen LogP contribution in [0.4, 0.5) is 0 Å². The predicted molar refractivity (Wildman–Crippen MR) is 94.3 cm³/mol. The summed E-state index contributed by atoms with van der Waals surface area (Å²) in [7, 11) is 0. The van der Waals surface area contributed by atoms with E-state index in [0.29, 0.717) is 12.2 Å². The number of hydrogen-bond donors (Lipinski definition) is 2. The third-order valence-electron chi connectivity index (χ3n) is 3.45. The lowest BCUT2D eigenvalue weighted by Crippen LogP contribution is -2.25. The molecule has 122 valence electrons. The number of nitrogens with zero attached hydrogens (tertiary/aromatic N) is 1. The zero-order valence-electron chi connectivity index (χ0n) is 13.2. The second kappa shape index (κ2) is 7.23. The molecule has 0 atom stereocenters. The van der Waals surface area contributed by atoms with Gasteiger partial charge in [0.25, 0.3) is 5.91 Å². The van der Waals surface area contributed by atoms with Crippen LogP contribution < -0.4 is 10.7 Å². The number of amides is 1. The van der Waals surface area contributed by atoms with Gasteiger partial charge in [0.1, 0.15) is 5.69 Å². The van der Waals surface area contributed by atoms with E-state index in [4.69, 9.17) is 0 Å². The molecule has 2 N–H and O–H groups in total. The van der Waals surface area contributed by atoms with Crippen LogP contribution >= 0.6 is 11.3 Å². The summed E-state index contributed by atoms with van der Waals surface area (Å²) >= 11 is 1.58. The summed E-state index contributed by atoms with van der Waals surface area (Å²) in [6.07, 6.45) is 0.782. The molecule has 6 heteroatoms. The Bertz CT molecular complexity index is 900. The first-order valence-corrected chi connectivity index (χ1v) is 8.44. The highest BCUT2D eigenvalue weighted by atomic mass is 32.1. The number of aromatic amines is 1. The third kappa shape index (κ3) is 4.17. The number of pyridine rings is 1. The summed E-state index contributed by atoms with van der Waals surface area (Å²) < 4.78 is 0. The lowest BCUT2D eigenvalue weighted by molar-refractivity contribution is 0.0945. The van der Waals surface area contributed by atoms with Gasteiger partial charge in [0.05, 0.1) is 17.2 Å². The molecule has 0 bridgehead atoms. The Balaban J connectivity index is 1.61. The molecule has 2 aromatic heterocycles. The van der Waals surface area contributed by atoms with Gasteiger partial charge in [0.2, 0.25) is 0 Å². The molecule has 0 fully saturated rings. The number of nitrogens with one attached hydrogen (secondary N) is 2. The molecule has 0 saturated carbocycles. The van der Waals surface area contributed by atoms with Gasteiger partial charge in [-0.25, -0.2) is 4.98 Å². The predicted octanol–water partition coefficient (Wildman–Crippen LogP) is 2.66. The van der Waals surface area contributed by atoms with Crippen LogP contribution in [0.15, 0.2) is 52.6 Å². The van der Waals surface area contributed by atoms with Crippen molar-refractivity contribution >= 4 is 17.2 Å². The number of carbonyl (C=O) groups excluding carboxylic acids is 1. The molecule has 3 aromatic rings. The van der Waals surface area contributed by atoms with Crippen LogP contribution in [0.5, 0.6) is 0 Å². The number of thiazole rings is 1. The molecular formula is C18H17N3O2S. The van der Waals surface area contributed by atoms with E-state index in [2.05, 4.69) is 27.4 Å². The molecule has 0 aliphatic carbocycles. The Morgan fingerprint density at radius 1 is 1.25 bits per heavy atom. The molecule has 0 aliphatic heterocycles. The number of aromatic nitrogens is 2. The fourth-order valence-electron chi connectivity index (χ4n) is 2.35. The Morgan fingerprint density at radius 3 is 2.79 bits per heavy atom. The fourth-order valence-corrected chi connectivity index (χ4v) is 3.18. The van der Waals surface area contributed by atoms with E-state index in [9.17, 15) is 9.59 Å². The molecule has 24 heavy (non-hydrogen) atoms. The van der Waals surface area contributed by atoms with Crippen LogP contribution in [-0.2, 0) is 13.0 Å². The van der Waals surface area contributed by atoms with Gasteiger partial charge in [-0.2, -0.15) is 0 Å². The minimum absolute atomic E-state index is 0.185. The van der Waals surface area contributed by atoms with Crippen LogP contribution in [0, 0.1) is 6.92 Å². The molecule has 0 saturated heterocycles. The van der Waals surface area contributed by atoms with E-state index >= 15 is 0 Å². The summed E-state index contributed by atoms with van der Waals surface area (Å²) in [6.45, 7) is 2.08. The van der Waals surface area contributed by atoms with Gasteiger partial charge in [0, 0.05) is 29.6 Å². The average molecular weight is 339 g/mol. The maximum absolute atomic E-state index is 12.1. The van der Waals surface area contributed by atoms with Gasteiger partial charge in [-0.3, -0.25) is 9.59 Å². The lowest BCUT2D eigenvalue weighted by atomic mass is 10.2. The topological polar surface area (TPSA) is 74.8 Å². The van der Waals surface area contributed by atoms with E-state index < -0.39 is 0 Å². The van der Waals surface area contributed by atoms with Crippen molar-refractivity contribution < 1.29 is 4.79 Å². The fraction of sp³-hybridized carbons (Fsp3) is 0.167. The maximum Gasteiger partial charge on any atom is 0.268 e. The van der Waals surface area contributed by atoms with Crippen molar-refractivity contribution in [2.45, 2.75) is 19.9 Å². The molecular weight excluding hydrogens is 322 g/mol. The number of aryl methyl sites for hydroxylation is 1. The third-order valence-corrected chi connectivity index (χ3v) is 4.35. The molecule has 0 radical (unpaired) electrons. The summed E-state index contributed by atoms with van der Waals surface area (Å²) in [6, 6.07) is 12.9. The standard InChI is InChI=1S/C18H17N3O2S/c1-12-7-15(22)9-16(20-12)18(23)19-10-14-11-24-17(21-14)8-13-5-3-2-4-6-13/h2-7,9,11H,8,10H2,1H3,(H,19,23)(H,20,22). The Kier molecular flexibility index (Phi) is 4.86. The second-order valence-electron chi connectivity index (χ2n) is 5.49. The first-order chi connectivity index (χ1) is 11.6. The Hall–Kier alpha value is -2.73. The Labute approximate surface area is 143 Å². The Morgan fingerprint density at radius 2 is 2.04 bits per heavy atom. The highest BCUT2D eigenvalue weighted by molar-refractivity contribution is 7.09. The van der Waals surface area contributed by atoms with E-state index in [1.807, 2.05) is 23.6 Å². The number of carbonyl (C=O) groups is 1. The smallest absolute Gasteiger partial charge is 0.268 e. The van der Waals surface area contributed by atoms with Crippen molar-refractivity contribution in [3.05, 3.63) is 85.7 Å². The number of benzene rings is 1. The van der Waals surface area contributed by atoms with Crippen molar-refractivity contribution in [3.63, 3.8) is 0 Å². The van der Waals surface area contributed by atoms with Crippen LogP contribution in [0.3, 0.4) is 0 Å². The quantitative estimate of drug-likeness (QED) is 0.750. The van der Waals surface area contributed by atoms with Crippen molar-refractivity contribution in [1.82, 2.24) is 15.3 Å². The number of rotatable bonds is 5. The van der Waals surface area contributed by atoms with Crippen LogP contribution in [0.1, 0.15) is 32.4 Å². The van der Waals surface area contributed by atoms with Gasteiger partial charge < -0.3 is 10.3 Å². The monoisotopic (exact) mass is 339 g/mol. The lowest BCUT2D eigenvalue weighted by Gasteiger charge is -2.04. The van der Waals surface area contributed by atoms with Gasteiger partial charge >= 0.3 is 0 Å². The van der Waals surface area contributed by atoms with Crippen molar-refractivity contribution in [1.29, 1.82) is 0 Å². The van der Waals surface area contributed by atoms with E-state index in [-0.39, 0.29) is 17.0 Å². The molecule has 0 spiro atoms. The summed E-state index contributed by atoms with van der Waals surface area (Å²) in [5.41, 5.74) is 2.76. The largest absolute Gasteiger partial charge is 0.354 e. The van der Waals surface area contributed by atoms with Gasteiger partial charge in [-0.1, -0.05) is 30.3 Å². The molecule has 1 amide bonds. The first kappa shape index (κ1) is 16.1.